The Balaban J connectivity index is 2.24. The molecule has 1 fully saturated rings. The number of carbonyl (C=O) groups is 1. The van der Waals surface area contributed by atoms with E-state index in [4.69, 9.17) is 10.5 Å². The summed E-state index contributed by atoms with van der Waals surface area (Å²) in [5.74, 6) is -1.38. The second-order valence-electron chi connectivity index (χ2n) is 5.10. The molecular formula is C13H16F3N3O2. The van der Waals surface area contributed by atoms with Gasteiger partial charge in [0.1, 0.15) is 5.75 Å². The maximum atomic E-state index is 12.5. The van der Waals surface area contributed by atoms with E-state index in [9.17, 15) is 18.0 Å². The van der Waals surface area contributed by atoms with Gasteiger partial charge in [0.05, 0.1) is 18.8 Å². The zero-order valence-electron chi connectivity index (χ0n) is 11.5. The van der Waals surface area contributed by atoms with Gasteiger partial charge in [0, 0.05) is 19.3 Å². The Hall–Kier alpha value is -1.83. The highest BCUT2D eigenvalue weighted by molar-refractivity contribution is 5.82. The standard InChI is InChI=1S/C13H16F3N3O2/c1-21-10-5-9(6-18-7-10)12(17)3-2-4-19(8-12)11(20)13(14,15)16/h5-7H,2-4,8,17H2,1H3. The molecule has 0 aliphatic carbocycles. The van der Waals surface area contributed by atoms with Crippen LogP contribution in [0.15, 0.2) is 18.5 Å². The van der Waals surface area contributed by atoms with Crippen LogP contribution in [0.25, 0.3) is 0 Å². The number of alkyl halides is 3. The summed E-state index contributed by atoms with van der Waals surface area (Å²) >= 11 is 0. The lowest BCUT2D eigenvalue weighted by Crippen LogP contribution is -2.56. The number of nitrogens with zero attached hydrogens (tertiary/aromatic N) is 2. The fourth-order valence-corrected chi connectivity index (χ4v) is 2.48. The zero-order chi connectivity index (χ0) is 15.7. The molecule has 1 aliphatic heterocycles. The maximum absolute atomic E-state index is 12.5. The predicted octanol–water partition coefficient (Wildman–Crippen LogP) is 1.43. The van der Waals surface area contributed by atoms with E-state index < -0.39 is 17.6 Å². The normalized spacial score (nSPS) is 23.0. The minimum atomic E-state index is -4.88. The molecule has 1 unspecified atom stereocenters. The SMILES string of the molecule is COc1cncc(C2(N)CCCN(C(=O)C(F)(F)F)C2)c1. The average molecular weight is 303 g/mol. The smallest absolute Gasteiger partial charge is 0.471 e. The molecule has 0 spiro atoms. The summed E-state index contributed by atoms with van der Waals surface area (Å²) in [6.45, 7) is -0.144. The molecule has 0 radical (unpaired) electrons. The van der Waals surface area contributed by atoms with Crippen molar-refractivity contribution in [3.05, 3.63) is 24.0 Å². The van der Waals surface area contributed by atoms with Gasteiger partial charge in [-0.15, -0.1) is 0 Å². The first kappa shape index (κ1) is 15.6. The molecule has 0 bridgehead atoms. The lowest BCUT2D eigenvalue weighted by Gasteiger charge is -2.40. The molecular weight excluding hydrogens is 287 g/mol. The number of likely N-dealkylation sites (tertiary alicyclic amines) is 1. The quantitative estimate of drug-likeness (QED) is 0.897. The van der Waals surface area contributed by atoms with Gasteiger partial charge in [-0.3, -0.25) is 9.78 Å². The molecule has 8 heteroatoms. The molecule has 2 heterocycles. The number of methoxy groups -OCH3 is 1. The highest BCUT2D eigenvalue weighted by atomic mass is 19.4. The lowest BCUT2D eigenvalue weighted by atomic mass is 9.84. The average Bonchev–Trinajstić information content (AvgIpc) is 2.45. The number of rotatable bonds is 2. The van der Waals surface area contributed by atoms with E-state index in [0.29, 0.717) is 24.2 Å². The second-order valence-corrected chi connectivity index (χ2v) is 5.10. The number of hydrogen-bond donors (Lipinski definition) is 1. The third kappa shape index (κ3) is 3.26. The van der Waals surface area contributed by atoms with Crippen molar-refractivity contribution in [1.29, 1.82) is 0 Å². The van der Waals surface area contributed by atoms with Crippen molar-refractivity contribution in [3.8, 4) is 5.75 Å². The van der Waals surface area contributed by atoms with Crippen LogP contribution in [0.3, 0.4) is 0 Å². The molecule has 0 aromatic carbocycles. The van der Waals surface area contributed by atoms with Gasteiger partial charge >= 0.3 is 12.1 Å². The van der Waals surface area contributed by atoms with E-state index in [1.807, 2.05) is 0 Å². The Kier molecular flexibility index (Phi) is 4.08. The predicted molar refractivity (Wildman–Crippen MR) is 68.5 cm³/mol. The number of hydrogen-bond acceptors (Lipinski definition) is 4. The first-order valence-electron chi connectivity index (χ1n) is 6.41. The summed E-state index contributed by atoms with van der Waals surface area (Å²) in [6.07, 6.45) is -1.04. The number of halogens is 3. The highest BCUT2D eigenvalue weighted by Gasteiger charge is 2.46. The summed E-state index contributed by atoms with van der Waals surface area (Å²) < 4.78 is 42.7. The van der Waals surface area contributed by atoms with E-state index in [1.165, 1.54) is 19.5 Å². The zero-order valence-corrected chi connectivity index (χ0v) is 11.5. The second kappa shape index (κ2) is 5.51. The molecule has 116 valence electrons. The summed E-state index contributed by atoms with van der Waals surface area (Å²) in [5, 5.41) is 0. The highest BCUT2D eigenvalue weighted by Crippen LogP contribution is 2.32. The molecule has 2 rings (SSSR count). The van der Waals surface area contributed by atoms with Gasteiger partial charge in [-0.05, 0) is 24.5 Å². The van der Waals surface area contributed by atoms with Gasteiger partial charge in [0.25, 0.3) is 0 Å². The van der Waals surface area contributed by atoms with Crippen molar-refractivity contribution >= 4 is 5.91 Å². The summed E-state index contributed by atoms with van der Waals surface area (Å²) in [4.78, 5) is 16.1. The van der Waals surface area contributed by atoms with Crippen LogP contribution >= 0.6 is 0 Å². The third-order valence-electron chi connectivity index (χ3n) is 3.58. The minimum absolute atomic E-state index is 0.0503. The number of carbonyl (C=O) groups excluding carboxylic acids is 1. The van der Waals surface area contributed by atoms with E-state index in [2.05, 4.69) is 4.98 Å². The van der Waals surface area contributed by atoms with Gasteiger partial charge in [-0.25, -0.2) is 0 Å². The van der Waals surface area contributed by atoms with Gasteiger partial charge in [0.2, 0.25) is 0 Å². The molecule has 5 nitrogen and oxygen atoms in total. The van der Waals surface area contributed by atoms with Gasteiger partial charge in [0.15, 0.2) is 0 Å². The molecule has 1 aliphatic rings. The van der Waals surface area contributed by atoms with Crippen molar-refractivity contribution in [2.24, 2.45) is 5.73 Å². The van der Waals surface area contributed by atoms with Crippen LogP contribution < -0.4 is 10.5 Å². The molecule has 1 atom stereocenters. The third-order valence-corrected chi connectivity index (χ3v) is 3.58. The molecule has 1 aromatic heterocycles. The first-order chi connectivity index (χ1) is 9.76. The summed E-state index contributed by atoms with van der Waals surface area (Å²) in [7, 11) is 1.46. The van der Waals surface area contributed by atoms with Crippen LogP contribution in [0.1, 0.15) is 18.4 Å². The molecule has 1 amide bonds. The largest absolute Gasteiger partial charge is 0.495 e. The summed E-state index contributed by atoms with van der Waals surface area (Å²) in [6, 6.07) is 1.63. The van der Waals surface area contributed by atoms with Crippen molar-refractivity contribution in [1.82, 2.24) is 9.88 Å². The Morgan fingerprint density at radius 3 is 2.81 bits per heavy atom. The van der Waals surface area contributed by atoms with E-state index >= 15 is 0 Å². The number of ether oxygens (including phenoxy) is 1. The first-order valence-corrected chi connectivity index (χ1v) is 6.41. The van der Waals surface area contributed by atoms with Gasteiger partial charge in [-0.1, -0.05) is 0 Å². The van der Waals surface area contributed by atoms with Gasteiger partial charge < -0.3 is 15.4 Å². The van der Waals surface area contributed by atoms with Crippen molar-refractivity contribution in [2.75, 3.05) is 20.2 Å². The van der Waals surface area contributed by atoms with Crippen LogP contribution in [-0.2, 0) is 10.3 Å². The van der Waals surface area contributed by atoms with Crippen molar-refractivity contribution in [3.63, 3.8) is 0 Å². The molecule has 0 saturated carbocycles. The molecule has 1 aromatic rings. The van der Waals surface area contributed by atoms with E-state index in [0.717, 1.165) is 4.90 Å². The van der Waals surface area contributed by atoms with Gasteiger partial charge in [-0.2, -0.15) is 13.2 Å². The Morgan fingerprint density at radius 2 is 2.19 bits per heavy atom. The van der Waals surface area contributed by atoms with Crippen molar-refractivity contribution < 1.29 is 22.7 Å². The summed E-state index contributed by atoms with van der Waals surface area (Å²) in [5.41, 5.74) is 5.72. The molecule has 21 heavy (non-hydrogen) atoms. The van der Waals surface area contributed by atoms with E-state index in [1.54, 1.807) is 6.07 Å². The number of amides is 1. The number of piperidine rings is 1. The maximum Gasteiger partial charge on any atom is 0.471 e. The number of pyridine rings is 1. The Bertz CT molecular complexity index is 536. The lowest BCUT2D eigenvalue weighted by molar-refractivity contribution is -0.187. The molecule has 1 saturated heterocycles. The van der Waals surface area contributed by atoms with Crippen LogP contribution in [0.4, 0.5) is 13.2 Å². The number of aromatic nitrogens is 1. The van der Waals surface area contributed by atoms with Crippen LogP contribution in [-0.4, -0.2) is 42.2 Å². The molecule has 2 N–H and O–H groups in total. The number of nitrogens with two attached hydrogens (primary N) is 1. The fourth-order valence-electron chi connectivity index (χ4n) is 2.48. The van der Waals surface area contributed by atoms with Crippen molar-refractivity contribution in [2.45, 2.75) is 24.6 Å². The topological polar surface area (TPSA) is 68.5 Å². The van der Waals surface area contributed by atoms with Crippen LogP contribution in [0.5, 0.6) is 5.75 Å². The van der Waals surface area contributed by atoms with Crippen LogP contribution in [0.2, 0.25) is 0 Å². The Morgan fingerprint density at radius 1 is 1.48 bits per heavy atom. The minimum Gasteiger partial charge on any atom is -0.495 e. The van der Waals surface area contributed by atoms with E-state index in [-0.39, 0.29) is 13.1 Å². The Labute approximate surface area is 119 Å². The van der Waals surface area contributed by atoms with Crippen LogP contribution in [0, 0.1) is 0 Å². The fraction of sp³-hybridized carbons (Fsp3) is 0.538. The monoisotopic (exact) mass is 303 g/mol.